The van der Waals surface area contributed by atoms with Gasteiger partial charge in [0.1, 0.15) is 6.23 Å². The third kappa shape index (κ3) is 7.81. The highest BCUT2D eigenvalue weighted by Crippen LogP contribution is 2.35. The van der Waals surface area contributed by atoms with Crippen LogP contribution in [0.5, 0.6) is 0 Å². The van der Waals surface area contributed by atoms with E-state index in [4.69, 9.17) is 4.74 Å². The van der Waals surface area contributed by atoms with E-state index in [-0.39, 0.29) is 12.3 Å². The van der Waals surface area contributed by atoms with Crippen molar-refractivity contribution in [3.8, 4) is 0 Å². The zero-order valence-electron chi connectivity index (χ0n) is 18.3. The highest BCUT2D eigenvalue weighted by molar-refractivity contribution is 7.99. The van der Waals surface area contributed by atoms with Crippen LogP contribution in [0.3, 0.4) is 0 Å². The molecule has 0 saturated carbocycles. The fourth-order valence-electron chi connectivity index (χ4n) is 4.08. The van der Waals surface area contributed by atoms with Gasteiger partial charge in [-0.15, -0.1) is 11.8 Å². The summed E-state index contributed by atoms with van der Waals surface area (Å²) < 4.78 is 6.47. The first-order valence-electron chi connectivity index (χ1n) is 11.4. The van der Waals surface area contributed by atoms with Crippen LogP contribution in [-0.4, -0.2) is 23.1 Å². The Kier molecular flexibility index (Phi) is 9.78. The fraction of sp³-hybridized carbons (Fsp3) is 0.500. The molecule has 1 aromatic carbocycles. The third-order valence-corrected chi connectivity index (χ3v) is 6.85. The Labute approximate surface area is 186 Å². The zero-order valence-corrected chi connectivity index (χ0v) is 19.1. The molecular weight excluding hydrogens is 388 g/mol. The molecule has 1 saturated heterocycles. The third-order valence-electron chi connectivity index (χ3n) is 5.71. The van der Waals surface area contributed by atoms with Crippen molar-refractivity contribution >= 4 is 11.8 Å². The molecule has 3 nitrogen and oxygen atoms in total. The lowest BCUT2D eigenvalue weighted by Crippen LogP contribution is -2.41. The van der Waals surface area contributed by atoms with Gasteiger partial charge in [-0.3, -0.25) is 4.98 Å². The Hall–Kier alpha value is -1.78. The van der Waals surface area contributed by atoms with Gasteiger partial charge < -0.3 is 10.1 Å². The topological polar surface area (TPSA) is 34.2 Å². The van der Waals surface area contributed by atoms with Gasteiger partial charge in [0.05, 0.1) is 6.10 Å². The fourth-order valence-corrected chi connectivity index (χ4v) is 4.99. The number of pyridine rings is 1. The maximum absolute atomic E-state index is 6.47. The van der Waals surface area contributed by atoms with Crippen LogP contribution in [0.1, 0.15) is 69.8 Å². The second-order valence-corrected chi connectivity index (χ2v) is 9.33. The summed E-state index contributed by atoms with van der Waals surface area (Å²) in [4.78, 5) is 5.36. The summed E-state index contributed by atoms with van der Waals surface area (Å²) in [6.07, 6.45) is 13.5. The largest absolute Gasteiger partial charge is 0.364 e. The molecule has 3 unspecified atom stereocenters. The molecule has 1 aliphatic rings. The summed E-state index contributed by atoms with van der Waals surface area (Å²) in [6, 6.07) is 15.0. The molecule has 30 heavy (non-hydrogen) atoms. The highest BCUT2D eigenvalue weighted by Gasteiger charge is 2.30. The van der Waals surface area contributed by atoms with Crippen LogP contribution in [0.4, 0.5) is 0 Å². The zero-order chi connectivity index (χ0) is 21.0. The van der Waals surface area contributed by atoms with Crippen LogP contribution in [0.15, 0.2) is 72.0 Å². The first-order chi connectivity index (χ1) is 14.7. The summed E-state index contributed by atoms with van der Waals surface area (Å²) >= 11 is 1.85. The number of ether oxygens (including phenoxy) is 1. The van der Waals surface area contributed by atoms with Crippen LogP contribution in [-0.2, 0) is 4.74 Å². The van der Waals surface area contributed by atoms with Crippen LogP contribution in [0.2, 0.25) is 0 Å². The monoisotopic (exact) mass is 424 g/mol. The molecule has 4 heteroatoms. The summed E-state index contributed by atoms with van der Waals surface area (Å²) in [5.41, 5.74) is 2.53. The van der Waals surface area contributed by atoms with E-state index in [2.05, 4.69) is 66.3 Å². The Morgan fingerprint density at radius 2 is 1.83 bits per heavy atom. The molecule has 1 aromatic heterocycles. The van der Waals surface area contributed by atoms with Gasteiger partial charge in [0, 0.05) is 28.7 Å². The number of rotatable bonds is 12. The summed E-state index contributed by atoms with van der Waals surface area (Å²) in [5.74, 6) is 1.47. The molecule has 0 amide bonds. The van der Waals surface area contributed by atoms with Crippen molar-refractivity contribution in [2.45, 2.75) is 81.4 Å². The van der Waals surface area contributed by atoms with Gasteiger partial charge >= 0.3 is 0 Å². The molecule has 0 spiro atoms. The van der Waals surface area contributed by atoms with Gasteiger partial charge in [0.2, 0.25) is 0 Å². The lowest BCUT2D eigenvalue weighted by molar-refractivity contribution is -0.0578. The van der Waals surface area contributed by atoms with Crippen molar-refractivity contribution in [3.05, 3.63) is 72.7 Å². The number of benzene rings is 1. The summed E-state index contributed by atoms with van der Waals surface area (Å²) in [7, 11) is 0. The van der Waals surface area contributed by atoms with Gasteiger partial charge in [-0.05, 0) is 49.3 Å². The van der Waals surface area contributed by atoms with Crippen molar-refractivity contribution in [3.63, 3.8) is 0 Å². The van der Waals surface area contributed by atoms with E-state index >= 15 is 0 Å². The van der Waals surface area contributed by atoms with Gasteiger partial charge in [-0.25, -0.2) is 0 Å². The predicted octanol–water partition coefficient (Wildman–Crippen LogP) is 6.93. The first kappa shape index (κ1) is 22.9. The number of allylic oxidation sites excluding steroid dienone is 1. The van der Waals surface area contributed by atoms with E-state index in [0.717, 1.165) is 30.7 Å². The normalized spacial score (nSPS) is 21.3. The first-order valence-corrected chi connectivity index (χ1v) is 12.4. The molecule has 0 radical (unpaired) electrons. The van der Waals surface area contributed by atoms with Crippen LogP contribution >= 0.6 is 11.8 Å². The number of unbranched alkanes of at least 4 members (excludes halogenated alkanes) is 4. The molecule has 0 aliphatic carbocycles. The van der Waals surface area contributed by atoms with Crippen molar-refractivity contribution < 1.29 is 4.74 Å². The molecule has 0 bridgehead atoms. The van der Waals surface area contributed by atoms with Crippen molar-refractivity contribution in [1.29, 1.82) is 0 Å². The maximum Gasteiger partial charge on any atom is 0.128 e. The second kappa shape index (κ2) is 12.8. The number of hydrogen-bond donors (Lipinski definition) is 1. The van der Waals surface area contributed by atoms with Crippen molar-refractivity contribution in [2.24, 2.45) is 0 Å². The molecule has 1 aliphatic heterocycles. The smallest absolute Gasteiger partial charge is 0.128 e. The molecule has 3 rings (SSSR count). The summed E-state index contributed by atoms with van der Waals surface area (Å²) in [6.45, 7) is 6.54. The average molecular weight is 425 g/mol. The van der Waals surface area contributed by atoms with Gasteiger partial charge in [-0.2, -0.15) is 0 Å². The molecular formula is C26H36N2OS. The van der Waals surface area contributed by atoms with Gasteiger partial charge in [-0.1, -0.05) is 69.5 Å². The Balaban J connectivity index is 1.55. The predicted molar refractivity (Wildman–Crippen MR) is 128 cm³/mol. The van der Waals surface area contributed by atoms with E-state index < -0.39 is 0 Å². The average Bonchev–Trinajstić information content (AvgIpc) is 2.79. The van der Waals surface area contributed by atoms with E-state index in [1.54, 1.807) is 0 Å². The van der Waals surface area contributed by atoms with Crippen molar-refractivity contribution in [1.82, 2.24) is 10.3 Å². The second-order valence-electron chi connectivity index (χ2n) is 8.23. The quantitative estimate of drug-likeness (QED) is 0.296. The van der Waals surface area contributed by atoms with Crippen LogP contribution in [0, 0.1) is 0 Å². The summed E-state index contributed by atoms with van der Waals surface area (Å²) in [5, 5.41) is 3.60. The maximum atomic E-state index is 6.47. The van der Waals surface area contributed by atoms with Crippen LogP contribution in [0.25, 0.3) is 0 Å². The van der Waals surface area contributed by atoms with E-state index in [1.807, 2.05) is 24.2 Å². The number of thioether (sulfide) groups is 1. The van der Waals surface area contributed by atoms with E-state index in [1.165, 1.54) is 42.6 Å². The SMILES string of the molecule is C=C(CCCCCCC)NC1CC(c2ccccc2)CC(CSc2ccncc2)O1. The number of aromatic nitrogens is 1. The Morgan fingerprint density at radius 1 is 1.07 bits per heavy atom. The Bertz CT molecular complexity index is 737. The minimum absolute atomic E-state index is 0.0372. The molecule has 3 atom stereocenters. The number of nitrogens with zero attached hydrogens (tertiary/aromatic N) is 1. The van der Waals surface area contributed by atoms with Gasteiger partial charge in [0.15, 0.2) is 0 Å². The minimum atomic E-state index is 0.0372. The number of nitrogens with one attached hydrogen (secondary N) is 1. The van der Waals surface area contributed by atoms with E-state index in [9.17, 15) is 0 Å². The molecule has 162 valence electrons. The standard InChI is InChI=1S/C26H36N2OS/c1-3-4-5-6-8-11-21(2)28-26-19-23(22-12-9-7-10-13-22)18-24(29-26)20-30-25-14-16-27-17-15-25/h7,9-10,12-17,23-24,26,28H,2-6,8,11,18-20H2,1H3. The lowest BCUT2D eigenvalue weighted by Gasteiger charge is -2.37. The minimum Gasteiger partial charge on any atom is -0.364 e. The lowest BCUT2D eigenvalue weighted by atomic mass is 9.87. The molecule has 2 heterocycles. The molecule has 1 N–H and O–H groups in total. The van der Waals surface area contributed by atoms with Crippen LogP contribution < -0.4 is 5.32 Å². The number of hydrogen-bond acceptors (Lipinski definition) is 4. The Morgan fingerprint density at radius 3 is 2.60 bits per heavy atom. The molecule has 1 fully saturated rings. The van der Waals surface area contributed by atoms with Crippen molar-refractivity contribution in [2.75, 3.05) is 5.75 Å². The highest BCUT2D eigenvalue weighted by atomic mass is 32.2. The van der Waals surface area contributed by atoms with Gasteiger partial charge in [0.25, 0.3) is 0 Å². The van der Waals surface area contributed by atoms with E-state index in [0.29, 0.717) is 5.92 Å². The molecule has 2 aromatic rings.